The van der Waals surface area contributed by atoms with Gasteiger partial charge in [-0.25, -0.2) is 14.4 Å². The minimum atomic E-state index is -1.43. The zero-order valence-electron chi connectivity index (χ0n) is 10.5. The van der Waals surface area contributed by atoms with Crippen LogP contribution in [0.25, 0.3) is 0 Å². The van der Waals surface area contributed by atoms with Crippen molar-refractivity contribution in [2.24, 2.45) is 0 Å². The van der Waals surface area contributed by atoms with E-state index in [0.717, 1.165) is 11.8 Å². The number of benzene rings is 1. The molecular formula is C13H15ClFN3O. The van der Waals surface area contributed by atoms with Crippen LogP contribution < -0.4 is 6.15 Å². The van der Waals surface area contributed by atoms with Gasteiger partial charge in [0.25, 0.3) is 0 Å². The zero-order chi connectivity index (χ0) is 13.2. The Balaban J connectivity index is 0.00000180. The molecular weight excluding hydrogens is 269 g/mol. The molecule has 0 aliphatic heterocycles. The van der Waals surface area contributed by atoms with E-state index in [1.165, 1.54) is 6.92 Å². The number of hydrogen-bond donors (Lipinski definition) is 2. The third-order valence-corrected chi connectivity index (χ3v) is 2.80. The number of nitrogens with zero attached hydrogens (tertiary/aromatic N) is 2. The molecule has 0 saturated heterocycles. The molecule has 0 radical (unpaired) electrons. The smallest absolute Gasteiger partial charge is 0.222 e. The minimum Gasteiger partial charge on any atom is -0.383 e. The Labute approximate surface area is 115 Å². The summed E-state index contributed by atoms with van der Waals surface area (Å²) < 4.78 is 13.6. The normalized spacial score (nSPS) is 13.5. The van der Waals surface area contributed by atoms with E-state index in [1.54, 1.807) is 0 Å². The molecule has 102 valence electrons. The number of aliphatic hydroxyl groups is 1. The molecule has 0 fully saturated rings. The molecule has 19 heavy (non-hydrogen) atoms. The minimum absolute atomic E-state index is 0. The van der Waals surface area contributed by atoms with Crippen LogP contribution in [0.4, 0.5) is 4.39 Å². The van der Waals surface area contributed by atoms with Crippen LogP contribution in [0, 0.1) is 5.82 Å². The summed E-state index contributed by atoms with van der Waals surface area (Å²) in [7, 11) is 0. The van der Waals surface area contributed by atoms with Crippen molar-refractivity contribution in [3.63, 3.8) is 0 Å². The van der Waals surface area contributed by atoms with E-state index in [0.29, 0.717) is 0 Å². The summed E-state index contributed by atoms with van der Waals surface area (Å²) >= 11 is 5.63. The van der Waals surface area contributed by atoms with Crippen LogP contribution in [-0.4, -0.2) is 15.1 Å². The number of hydrogen-bond acceptors (Lipinski definition) is 4. The molecule has 0 amide bonds. The van der Waals surface area contributed by atoms with Gasteiger partial charge < -0.3 is 11.3 Å². The van der Waals surface area contributed by atoms with Crippen molar-refractivity contribution < 1.29 is 9.50 Å². The fourth-order valence-electron chi connectivity index (χ4n) is 1.80. The highest BCUT2D eigenvalue weighted by Crippen LogP contribution is 2.26. The maximum absolute atomic E-state index is 13.6. The summed E-state index contributed by atoms with van der Waals surface area (Å²) in [5, 5.41) is 10.3. The maximum atomic E-state index is 13.6. The lowest BCUT2D eigenvalue weighted by Gasteiger charge is -2.23. The third-order valence-electron chi connectivity index (χ3n) is 2.62. The quantitative estimate of drug-likeness (QED) is 0.849. The lowest BCUT2D eigenvalue weighted by molar-refractivity contribution is 0.0486. The zero-order valence-corrected chi connectivity index (χ0v) is 11.2. The Kier molecular flexibility index (Phi) is 4.94. The van der Waals surface area contributed by atoms with Crippen LogP contribution in [-0.2, 0) is 12.0 Å². The molecule has 0 spiro atoms. The largest absolute Gasteiger partial charge is 0.383 e. The molecule has 0 aliphatic carbocycles. The Morgan fingerprint density at radius 3 is 2.58 bits per heavy atom. The molecule has 2 aromatic rings. The van der Waals surface area contributed by atoms with Crippen molar-refractivity contribution in [1.82, 2.24) is 16.1 Å². The highest BCUT2D eigenvalue weighted by Gasteiger charge is 2.29. The monoisotopic (exact) mass is 283 g/mol. The Hall–Kier alpha value is -1.56. The molecule has 0 bridgehead atoms. The predicted octanol–water partition coefficient (Wildman–Crippen LogP) is 2.88. The summed E-state index contributed by atoms with van der Waals surface area (Å²) in [5.41, 5.74) is -0.638. The van der Waals surface area contributed by atoms with E-state index in [4.69, 9.17) is 11.6 Å². The number of aromatic nitrogens is 2. The molecule has 4 nitrogen and oxygen atoms in total. The van der Waals surface area contributed by atoms with Crippen molar-refractivity contribution in [2.45, 2.75) is 18.9 Å². The molecule has 0 saturated carbocycles. The van der Waals surface area contributed by atoms with Crippen molar-refractivity contribution in [3.05, 3.63) is 58.9 Å². The first-order valence-corrected chi connectivity index (χ1v) is 5.82. The van der Waals surface area contributed by atoms with E-state index in [-0.39, 0.29) is 23.5 Å². The van der Waals surface area contributed by atoms with E-state index in [1.807, 2.05) is 30.3 Å². The summed E-state index contributed by atoms with van der Waals surface area (Å²) in [6, 6.07) is 9.30. The average molecular weight is 284 g/mol. The fourth-order valence-corrected chi connectivity index (χ4v) is 1.93. The third kappa shape index (κ3) is 3.70. The highest BCUT2D eigenvalue weighted by atomic mass is 35.5. The van der Waals surface area contributed by atoms with Crippen molar-refractivity contribution in [3.8, 4) is 0 Å². The van der Waals surface area contributed by atoms with Crippen LogP contribution >= 0.6 is 11.6 Å². The lowest BCUT2D eigenvalue weighted by Crippen LogP contribution is -2.27. The maximum Gasteiger partial charge on any atom is 0.222 e. The first-order chi connectivity index (χ1) is 8.49. The van der Waals surface area contributed by atoms with Gasteiger partial charge in [0, 0.05) is 6.42 Å². The summed E-state index contributed by atoms with van der Waals surface area (Å²) in [4.78, 5) is 7.30. The molecule has 1 aromatic heterocycles. The van der Waals surface area contributed by atoms with E-state index in [2.05, 4.69) is 9.97 Å². The Morgan fingerprint density at radius 1 is 1.32 bits per heavy atom. The molecule has 1 atom stereocenters. The van der Waals surface area contributed by atoms with Crippen LogP contribution in [0.2, 0.25) is 5.28 Å². The highest BCUT2D eigenvalue weighted by molar-refractivity contribution is 6.28. The standard InChI is InChI=1S/C13H12ClFN2O.H3N/c1-13(18,7-9-5-3-2-4-6-9)11-10(15)8-16-12(14)17-11;/h2-6,8,18H,7H2,1H3;1H3/t13-;/m0./s1. The van der Waals surface area contributed by atoms with E-state index in [9.17, 15) is 9.50 Å². The molecule has 0 aliphatic rings. The van der Waals surface area contributed by atoms with Gasteiger partial charge in [-0.15, -0.1) is 0 Å². The Bertz CT molecular complexity index is 549. The van der Waals surface area contributed by atoms with Gasteiger partial charge in [-0.05, 0) is 24.1 Å². The van der Waals surface area contributed by atoms with Gasteiger partial charge in [0.15, 0.2) is 5.82 Å². The average Bonchev–Trinajstić information content (AvgIpc) is 2.33. The fraction of sp³-hybridized carbons (Fsp3) is 0.231. The molecule has 0 unspecified atom stereocenters. The molecule has 2 rings (SSSR count). The Morgan fingerprint density at radius 2 is 1.95 bits per heavy atom. The van der Waals surface area contributed by atoms with Gasteiger partial charge >= 0.3 is 0 Å². The van der Waals surface area contributed by atoms with Crippen molar-refractivity contribution >= 4 is 11.6 Å². The van der Waals surface area contributed by atoms with Crippen LogP contribution in [0.3, 0.4) is 0 Å². The van der Waals surface area contributed by atoms with Crippen LogP contribution in [0.15, 0.2) is 36.5 Å². The van der Waals surface area contributed by atoms with E-state index < -0.39 is 11.4 Å². The van der Waals surface area contributed by atoms with Gasteiger partial charge in [0.1, 0.15) is 11.3 Å². The predicted molar refractivity (Wildman–Crippen MR) is 71.7 cm³/mol. The van der Waals surface area contributed by atoms with Gasteiger partial charge in [0.2, 0.25) is 5.28 Å². The topological polar surface area (TPSA) is 81.0 Å². The second-order valence-corrected chi connectivity index (χ2v) is 4.61. The second kappa shape index (κ2) is 6.06. The van der Waals surface area contributed by atoms with Gasteiger partial charge in [-0.3, -0.25) is 0 Å². The number of rotatable bonds is 3. The summed E-state index contributed by atoms with van der Waals surface area (Å²) in [6.45, 7) is 1.50. The van der Waals surface area contributed by atoms with Crippen molar-refractivity contribution in [1.29, 1.82) is 0 Å². The molecule has 6 heteroatoms. The van der Waals surface area contributed by atoms with Gasteiger partial charge in [0.05, 0.1) is 6.20 Å². The molecule has 1 aromatic carbocycles. The number of halogens is 2. The summed E-state index contributed by atoms with van der Waals surface area (Å²) in [6.07, 6.45) is 1.21. The summed E-state index contributed by atoms with van der Waals surface area (Å²) in [5.74, 6) is -0.666. The lowest BCUT2D eigenvalue weighted by atomic mass is 9.93. The SMILES string of the molecule is C[C@](O)(Cc1ccccc1)c1nc(Cl)ncc1F.N. The molecule has 4 N–H and O–H groups in total. The first kappa shape index (κ1) is 15.5. The van der Waals surface area contributed by atoms with Gasteiger partial charge in [-0.1, -0.05) is 30.3 Å². The van der Waals surface area contributed by atoms with Crippen LogP contribution in [0.1, 0.15) is 18.2 Å². The van der Waals surface area contributed by atoms with E-state index >= 15 is 0 Å². The second-order valence-electron chi connectivity index (χ2n) is 4.27. The van der Waals surface area contributed by atoms with Crippen molar-refractivity contribution in [2.75, 3.05) is 0 Å². The molecule has 1 heterocycles. The first-order valence-electron chi connectivity index (χ1n) is 5.44. The van der Waals surface area contributed by atoms with Gasteiger partial charge in [-0.2, -0.15) is 0 Å². The van der Waals surface area contributed by atoms with Crippen LogP contribution in [0.5, 0.6) is 0 Å².